The number of hydrogen-bond donors (Lipinski definition) is 2. The van der Waals surface area contributed by atoms with Crippen molar-refractivity contribution in [2.24, 2.45) is 0 Å². The molecule has 4 rings (SSSR count). The van der Waals surface area contributed by atoms with Crippen molar-refractivity contribution >= 4 is 51.3 Å². The number of halogens is 1. The lowest BCUT2D eigenvalue weighted by molar-refractivity contribution is -0.119. The van der Waals surface area contributed by atoms with Gasteiger partial charge in [0.25, 0.3) is 0 Å². The molecule has 0 radical (unpaired) electrons. The normalized spacial score (nSPS) is 12.4. The predicted molar refractivity (Wildman–Crippen MR) is 108 cm³/mol. The number of aromatic nitrogens is 4. The fourth-order valence-corrected chi connectivity index (χ4v) is 3.54. The standard InChI is InChI=1S/C19H16ClN5OS/c1-11(12-6-8-13(20)9-7-12)21-16(26)10-27-19-23-18-17(24-25-19)14-4-2-3-5-15(14)22-18/h2-9,11H,10H2,1H3,(H,21,26)(H,22,23,25)/t11-/m1/s1. The molecule has 2 aromatic heterocycles. The molecule has 0 saturated heterocycles. The van der Waals surface area contributed by atoms with E-state index >= 15 is 0 Å². The molecule has 0 aliphatic heterocycles. The number of carbonyl (C=O) groups excluding carboxylic acids is 1. The maximum Gasteiger partial charge on any atom is 0.230 e. The van der Waals surface area contributed by atoms with Crippen molar-refractivity contribution in [2.75, 3.05) is 5.75 Å². The summed E-state index contributed by atoms with van der Waals surface area (Å²) in [4.78, 5) is 19.9. The molecule has 0 spiro atoms. The van der Waals surface area contributed by atoms with Gasteiger partial charge >= 0.3 is 0 Å². The van der Waals surface area contributed by atoms with Gasteiger partial charge in [0.15, 0.2) is 5.65 Å². The minimum Gasteiger partial charge on any atom is -0.349 e. The van der Waals surface area contributed by atoms with Gasteiger partial charge in [-0.05, 0) is 30.7 Å². The summed E-state index contributed by atoms with van der Waals surface area (Å²) < 4.78 is 0. The number of fused-ring (bicyclic) bond motifs is 3. The smallest absolute Gasteiger partial charge is 0.230 e. The maximum absolute atomic E-state index is 12.2. The number of carbonyl (C=O) groups is 1. The van der Waals surface area contributed by atoms with Crippen molar-refractivity contribution in [3.63, 3.8) is 0 Å². The molecule has 6 nitrogen and oxygen atoms in total. The van der Waals surface area contributed by atoms with Crippen LogP contribution in [0.1, 0.15) is 18.5 Å². The van der Waals surface area contributed by atoms with Crippen molar-refractivity contribution < 1.29 is 4.79 Å². The zero-order valence-electron chi connectivity index (χ0n) is 14.4. The molecular weight excluding hydrogens is 382 g/mol. The Bertz CT molecular complexity index is 1110. The van der Waals surface area contributed by atoms with E-state index in [0.29, 0.717) is 15.8 Å². The van der Waals surface area contributed by atoms with Crippen LogP contribution < -0.4 is 5.32 Å². The summed E-state index contributed by atoms with van der Waals surface area (Å²) in [5.41, 5.74) is 3.36. The average molecular weight is 398 g/mol. The van der Waals surface area contributed by atoms with E-state index in [9.17, 15) is 4.79 Å². The highest BCUT2D eigenvalue weighted by atomic mass is 35.5. The van der Waals surface area contributed by atoms with E-state index in [-0.39, 0.29) is 17.7 Å². The first-order chi connectivity index (χ1) is 13.1. The molecule has 136 valence electrons. The number of nitrogens with one attached hydrogen (secondary N) is 2. The minimum absolute atomic E-state index is 0.0946. The van der Waals surface area contributed by atoms with Crippen LogP contribution >= 0.6 is 23.4 Å². The number of amides is 1. The summed E-state index contributed by atoms with van der Waals surface area (Å²) in [5.74, 6) is 0.119. The summed E-state index contributed by atoms with van der Waals surface area (Å²) in [6.07, 6.45) is 0. The van der Waals surface area contributed by atoms with E-state index < -0.39 is 0 Å². The van der Waals surface area contributed by atoms with E-state index in [0.717, 1.165) is 22.0 Å². The summed E-state index contributed by atoms with van der Waals surface area (Å²) in [7, 11) is 0. The number of nitrogens with zero attached hydrogens (tertiary/aromatic N) is 3. The minimum atomic E-state index is -0.106. The fraction of sp³-hybridized carbons (Fsp3) is 0.158. The molecule has 0 unspecified atom stereocenters. The van der Waals surface area contributed by atoms with Gasteiger partial charge in [-0.3, -0.25) is 4.79 Å². The zero-order valence-corrected chi connectivity index (χ0v) is 16.0. The molecule has 0 bridgehead atoms. The third-order valence-corrected chi connectivity index (χ3v) is 5.27. The third-order valence-electron chi connectivity index (χ3n) is 4.18. The summed E-state index contributed by atoms with van der Waals surface area (Å²) >= 11 is 7.15. The second-order valence-electron chi connectivity index (χ2n) is 6.09. The Morgan fingerprint density at radius 1 is 1.19 bits per heavy atom. The second-order valence-corrected chi connectivity index (χ2v) is 7.47. The van der Waals surface area contributed by atoms with Crippen LogP contribution in [0, 0.1) is 0 Å². The molecule has 0 saturated carbocycles. The molecule has 2 N–H and O–H groups in total. The highest BCUT2D eigenvalue weighted by Crippen LogP contribution is 2.23. The molecule has 27 heavy (non-hydrogen) atoms. The Kier molecular flexibility index (Phi) is 4.96. The molecule has 0 fully saturated rings. The van der Waals surface area contributed by atoms with Crippen LogP contribution in [0.25, 0.3) is 22.1 Å². The SMILES string of the molecule is C[C@@H](NC(=O)CSc1nnc2c(n1)[nH]c1ccccc12)c1ccc(Cl)cc1. The number of benzene rings is 2. The van der Waals surface area contributed by atoms with Gasteiger partial charge < -0.3 is 10.3 Å². The van der Waals surface area contributed by atoms with Gasteiger partial charge in [-0.15, -0.1) is 10.2 Å². The Morgan fingerprint density at radius 2 is 1.96 bits per heavy atom. The molecule has 1 amide bonds. The molecule has 2 aromatic carbocycles. The lowest BCUT2D eigenvalue weighted by atomic mass is 10.1. The first-order valence-corrected chi connectivity index (χ1v) is 9.75. The van der Waals surface area contributed by atoms with E-state index in [1.807, 2.05) is 55.5 Å². The first-order valence-electron chi connectivity index (χ1n) is 8.39. The summed E-state index contributed by atoms with van der Waals surface area (Å²) in [6.45, 7) is 1.93. The Labute approximate surface area is 164 Å². The predicted octanol–water partition coefficient (Wildman–Crippen LogP) is 4.13. The van der Waals surface area contributed by atoms with Gasteiger partial charge in [0.1, 0.15) is 5.52 Å². The van der Waals surface area contributed by atoms with E-state index in [4.69, 9.17) is 11.6 Å². The first kappa shape index (κ1) is 17.8. The van der Waals surface area contributed by atoms with Gasteiger partial charge in [0.05, 0.1) is 11.8 Å². The van der Waals surface area contributed by atoms with Gasteiger partial charge in [0, 0.05) is 15.9 Å². The van der Waals surface area contributed by atoms with E-state index in [1.165, 1.54) is 11.8 Å². The van der Waals surface area contributed by atoms with Crippen molar-refractivity contribution in [2.45, 2.75) is 18.1 Å². The van der Waals surface area contributed by atoms with Crippen LogP contribution in [0.4, 0.5) is 0 Å². The van der Waals surface area contributed by atoms with Gasteiger partial charge in [-0.2, -0.15) is 0 Å². The van der Waals surface area contributed by atoms with Crippen LogP contribution in [0.15, 0.2) is 53.7 Å². The van der Waals surface area contributed by atoms with Crippen molar-refractivity contribution in [3.05, 3.63) is 59.1 Å². The van der Waals surface area contributed by atoms with E-state index in [1.54, 1.807) is 0 Å². The largest absolute Gasteiger partial charge is 0.349 e. The Hall–Kier alpha value is -2.64. The van der Waals surface area contributed by atoms with Crippen molar-refractivity contribution in [1.29, 1.82) is 0 Å². The second kappa shape index (κ2) is 7.54. The number of aromatic amines is 1. The van der Waals surface area contributed by atoms with Gasteiger partial charge in [-0.1, -0.05) is 53.7 Å². The van der Waals surface area contributed by atoms with Crippen LogP contribution in [-0.4, -0.2) is 31.8 Å². The van der Waals surface area contributed by atoms with Crippen LogP contribution in [0.5, 0.6) is 0 Å². The highest BCUT2D eigenvalue weighted by Gasteiger charge is 2.13. The van der Waals surface area contributed by atoms with Crippen molar-refractivity contribution in [1.82, 2.24) is 25.5 Å². The number of thioether (sulfide) groups is 1. The van der Waals surface area contributed by atoms with E-state index in [2.05, 4.69) is 25.5 Å². The van der Waals surface area contributed by atoms with Gasteiger partial charge in [-0.25, -0.2) is 4.98 Å². The lowest BCUT2D eigenvalue weighted by Crippen LogP contribution is -2.28. The molecule has 1 atom stereocenters. The molecular formula is C19H16ClN5OS. The Morgan fingerprint density at radius 3 is 2.78 bits per heavy atom. The number of rotatable bonds is 5. The van der Waals surface area contributed by atoms with Crippen molar-refractivity contribution in [3.8, 4) is 0 Å². The number of H-pyrrole nitrogens is 1. The molecule has 0 aliphatic rings. The summed E-state index contributed by atoms with van der Waals surface area (Å²) in [6, 6.07) is 15.2. The maximum atomic E-state index is 12.2. The number of hydrogen-bond acceptors (Lipinski definition) is 5. The quantitative estimate of drug-likeness (QED) is 0.495. The van der Waals surface area contributed by atoms with Crippen LogP contribution in [-0.2, 0) is 4.79 Å². The van der Waals surface area contributed by atoms with Gasteiger partial charge in [0.2, 0.25) is 11.1 Å². The monoisotopic (exact) mass is 397 g/mol. The molecule has 0 aliphatic carbocycles. The Balaban J connectivity index is 1.41. The topological polar surface area (TPSA) is 83.6 Å². The van der Waals surface area contributed by atoms with Crippen LogP contribution in [0.2, 0.25) is 5.02 Å². The van der Waals surface area contributed by atoms with Crippen LogP contribution in [0.3, 0.4) is 0 Å². The summed E-state index contributed by atoms with van der Waals surface area (Å²) in [5, 5.41) is 13.5. The molecule has 4 aromatic rings. The average Bonchev–Trinajstić information content (AvgIpc) is 3.04. The zero-order chi connectivity index (χ0) is 18.8. The highest BCUT2D eigenvalue weighted by molar-refractivity contribution is 7.99. The fourth-order valence-electron chi connectivity index (χ4n) is 2.82. The third kappa shape index (κ3) is 3.89. The molecule has 8 heteroatoms. The number of para-hydroxylation sites is 1. The molecule has 2 heterocycles. The lowest BCUT2D eigenvalue weighted by Gasteiger charge is -2.14.